The standard InChI is InChI=1S/C29H35F5N6O3S/c1-15-7-20(35)25(31)23(24(15)29(32,33)34)22-8-21-19(13-44(22,41)42)26(39-11-17-3-4-18(12-39)36-17)38-27(37-21)43-14-28-5-2-6-40(28)10-16(30)9-28/h7,16-18,22,36H,2-6,8-14,35H2,1H3/t16-,17-,18+,22+,28+/m1/s1. The highest BCUT2D eigenvalue weighted by atomic mass is 32.2. The van der Waals surface area contributed by atoms with Crippen LogP contribution in [0.1, 0.15) is 65.3 Å². The van der Waals surface area contributed by atoms with Gasteiger partial charge < -0.3 is 20.7 Å². The van der Waals surface area contributed by atoms with Crippen molar-refractivity contribution in [3.05, 3.63) is 39.8 Å². The number of benzene rings is 1. The molecule has 0 amide bonds. The van der Waals surface area contributed by atoms with Crippen molar-refractivity contribution in [1.82, 2.24) is 20.2 Å². The van der Waals surface area contributed by atoms with Crippen LogP contribution in [0.5, 0.6) is 6.01 Å². The zero-order valence-electron chi connectivity index (χ0n) is 24.3. The molecule has 44 heavy (non-hydrogen) atoms. The first-order valence-electron chi connectivity index (χ1n) is 15.0. The lowest BCUT2D eigenvalue weighted by Crippen LogP contribution is -2.52. The molecule has 5 aliphatic heterocycles. The van der Waals surface area contributed by atoms with Crippen LogP contribution in [0.3, 0.4) is 0 Å². The predicted octanol–water partition coefficient (Wildman–Crippen LogP) is 3.63. The van der Waals surface area contributed by atoms with Gasteiger partial charge in [0.15, 0.2) is 15.7 Å². The summed E-state index contributed by atoms with van der Waals surface area (Å²) in [6.45, 7) is 3.47. The van der Waals surface area contributed by atoms with Gasteiger partial charge in [-0.25, -0.2) is 17.2 Å². The van der Waals surface area contributed by atoms with E-state index in [2.05, 4.69) is 20.2 Å². The minimum atomic E-state index is -5.02. The van der Waals surface area contributed by atoms with E-state index < -0.39 is 67.8 Å². The number of halogens is 5. The summed E-state index contributed by atoms with van der Waals surface area (Å²) < 4.78 is 106. The number of alkyl halides is 4. The van der Waals surface area contributed by atoms with Crippen LogP contribution in [-0.4, -0.2) is 79.9 Å². The van der Waals surface area contributed by atoms with Crippen LogP contribution in [0.25, 0.3) is 0 Å². The van der Waals surface area contributed by atoms with Gasteiger partial charge in [-0.3, -0.25) is 4.90 Å². The van der Waals surface area contributed by atoms with Crippen molar-refractivity contribution in [2.24, 2.45) is 0 Å². The van der Waals surface area contributed by atoms with Gasteiger partial charge in [0.1, 0.15) is 18.6 Å². The summed E-state index contributed by atoms with van der Waals surface area (Å²) in [4.78, 5) is 13.3. The topological polar surface area (TPSA) is 114 Å². The van der Waals surface area contributed by atoms with Crippen molar-refractivity contribution in [2.45, 2.75) is 86.4 Å². The molecular weight excluding hydrogens is 607 g/mol. The summed E-state index contributed by atoms with van der Waals surface area (Å²) in [6, 6.07) is 1.18. The second-order valence-electron chi connectivity index (χ2n) is 13.0. The number of aryl methyl sites for hydroxylation is 1. The molecule has 2 aromatic rings. The Bertz CT molecular complexity index is 1590. The summed E-state index contributed by atoms with van der Waals surface area (Å²) in [5.74, 6) is -1.69. The van der Waals surface area contributed by atoms with Crippen molar-refractivity contribution < 1.29 is 35.1 Å². The Morgan fingerprint density at radius 2 is 1.91 bits per heavy atom. The van der Waals surface area contributed by atoms with E-state index in [-0.39, 0.29) is 41.5 Å². The molecule has 0 spiro atoms. The first-order chi connectivity index (χ1) is 20.7. The lowest BCUT2D eigenvalue weighted by Gasteiger charge is -2.37. The van der Waals surface area contributed by atoms with E-state index in [1.807, 2.05) is 4.90 Å². The molecular formula is C29H35F5N6O3S. The molecule has 4 saturated heterocycles. The van der Waals surface area contributed by atoms with Crippen LogP contribution >= 0.6 is 0 Å². The number of fused-ring (bicyclic) bond motifs is 4. The van der Waals surface area contributed by atoms with Crippen LogP contribution in [0, 0.1) is 12.7 Å². The second kappa shape index (κ2) is 10.4. The Labute approximate surface area is 252 Å². The number of rotatable bonds is 5. The lowest BCUT2D eigenvalue weighted by atomic mass is 9.94. The molecule has 2 bridgehead atoms. The quantitative estimate of drug-likeness (QED) is 0.373. The lowest BCUT2D eigenvalue weighted by molar-refractivity contribution is -0.138. The number of anilines is 2. The normalized spacial score (nSPS) is 31.3. The Balaban J connectivity index is 1.31. The summed E-state index contributed by atoms with van der Waals surface area (Å²) in [5.41, 5.74) is 2.47. The van der Waals surface area contributed by atoms with E-state index in [4.69, 9.17) is 10.5 Å². The van der Waals surface area contributed by atoms with Gasteiger partial charge in [-0.05, 0) is 50.8 Å². The monoisotopic (exact) mass is 642 g/mol. The number of nitrogens with one attached hydrogen (secondary N) is 1. The summed E-state index contributed by atoms with van der Waals surface area (Å²) >= 11 is 0. The molecule has 3 N–H and O–H groups in total. The molecule has 0 unspecified atom stereocenters. The molecule has 0 saturated carbocycles. The van der Waals surface area contributed by atoms with Crippen LogP contribution < -0.4 is 20.7 Å². The van der Waals surface area contributed by atoms with Crippen LogP contribution in [0.15, 0.2) is 6.07 Å². The molecule has 0 radical (unpaired) electrons. The first kappa shape index (κ1) is 29.9. The molecule has 1 aromatic heterocycles. The van der Waals surface area contributed by atoms with E-state index in [1.54, 1.807) is 0 Å². The molecule has 7 rings (SSSR count). The Morgan fingerprint density at radius 3 is 2.61 bits per heavy atom. The number of aromatic nitrogens is 2. The average Bonchev–Trinajstić information content (AvgIpc) is 3.58. The van der Waals surface area contributed by atoms with Gasteiger partial charge in [-0.2, -0.15) is 23.1 Å². The fraction of sp³-hybridized carbons (Fsp3) is 0.655. The Kier molecular flexibility index (Phi) is 7.05. The number of ether oxygens (including phenoxy) is 1. The maximum absolute atomic E-state index is 15.5. The Hall–Kier alpha value is -2.78. The van der Waals surface area contributed by atoms with Crippen molar-refractivity contribution in [1.29, 1.82) is 0 Å². The highest BCUT2D eigenvalue weighted by Gasteiger charge is 2.50. The number of sulfone groups is 1. The second-order valence-corrected chi connectivity index (χ2v) is 15.2. The SMILES string of the molecule is Cc1cc(N)c(F)c([C@@H]2Cc3nc(OC[C@@]45CCCN4C[C@H](F)C5)nc(N4C[C@H]5CC[C@@H](C4)N5)c3CS2(=O)=O)c1C(F)(F)F. The molecule has 1 aromatic carbocycles. The third-order valence-corrected chi connectivity index (χ3v) is 12.0. The number of piperazine rings is 1. The van der Waals surface area contributed by atoms with Gasteiger partial charge in [-0.15, -0.1) is 0 Å². The van der Waals surface area contributed by atoms with Crippen molar-refractivity contribution in [2.75, 3.05) is 43.4 Å². The summed E-state index contributed by atoms with van der Waals surface area (Å²) in [5, 5.41) is 1.66. The number of nitrogens with two attached hydrogens (primary N) is 1. The smallest absolute Gasteiger partial charge is 0.417 e. The van der Waals surface area contributed by atoms with E-state index in [0.717, 1.165) is 45.2 Å². The van der Waals surface area contributed by atoms with Crippen LogP contribution in [-0.2, 0) is 28.2 Å². The van der Waals surface area contributed by atoms with E-state index in [9.17, 15) is 26.0 Å². The summed E-state index contributed by atoms with van der Waals surface area (Å²) in [6.07, 6.45) is -2.61. The minimum absolute atomic E-state index is 0.0496. The highest BCUT2D eigenvalue weighted by molar-refractivity contribution is 7.91. The van der Waals surface area contributed by atoms with E-state index >= 15 is 4.39 Å². The van der Waals surface area contributed by atoms with Crippen molar-refractivity contribution in [3.63, 3.8) is 0 Å². The van der Waals surface area contributed by atoms with Crippen LogP contribution in [0.4, 0.5) is 33.5 Å². The minimum Gasteiger partial charge on any atom is -0.461 e. The molecule has 240 valence electrons. The number of nitrogen functional groups attached to an aromatic ring is 1. The zero-order valence-corrected chi connectivity index (χ0v) is 25.1. The van der Waals surface area contributed by atoms with Gasteiger partial charge in [0.05, 0.1) is 33.5 Å². The third kappa shape index (κ3) is 4.98. The zero-order chi connectivity index (χ0) is 31.2. The largest absolute Gasteiger partial charge is 0.461 e. The number of hydrogen-bond acceptors (Lipinski definition) is 9. The fourth-order valence-electron chi connectivity index (χ4n) is 8.17. The van der Waals surface area contributed by atoms with Gasteiger partial charge in [-0.1, -0.05) is 0 Å². The number of hydrogen-bond donors (Lipinski definition) is 2. The summed E-state index contributed by atoms with van der Waals surface area (Å²) in [7, 11) is -4.37. The first-order valence-corrected chi connectivity index (χ1v) is 16.8. The number of nitrogens with zero attached hydrogens (tertiary/aromatic N) is 4. The molecule has 4 fully saturated rings. The van der Waals surface area contributed by atoms with Gasteiger partial charge in [0.2, 0.25) is 0 Å². The van der Waals surface area contributed by atoms with E-state index in [0.29, 0.717) is 31.9 Å². The average molecular weight is 643 g/mol. The van der Waals surface area contributed by atoms with Crippen LogP contribution in [0.2, 0.25) is 0 Å². The highest BCUT2D eigenvalue weighted by Crippen LogP contribution is 2.47. The molecule has 5 aliphatic rings. The predicted molar refractivity (Wildman–Crippen MR) is 152 cm³/mol. The van der Waals surface area contributed by atoms with Gasteiger partial charge >= 0.3 is 12.2 Å². The fourth-order valence-corrected chi connectivity index (χ4v) is 10.1. The Morgan fingerprint density at radius 1 is 1.18 bits per heavy atom. The maximum atomic E-state index is 15.5. The molecule has 9 nitrogen and oxygen atoms in total. The maximum Gasteiger partial charge on any atom is 0.417 e. The van der Waals surface area contributed by atoms with Gasteiger partial charge in [0, 0.05) is 55.7 Å². The molecule has 15 heteroatoms. The molecule has 6 heterocycles. The molecule has 5 atom stereocenters. The van der Waals surface area contributed by atoms with Crippen molar-refractivity contribution in [3.8, 4) is 6.01 Å². The third-order valence-electron chi connectivity index (χ3n) is 10.1. The molecule has 0 aliphatic carbocycles. The van der Waals surface area contributed by atoms with E-state index in [1.165, 1.54) is 0 Å². The van der Waals surface area contributed by atoms with Crippen molar-refractivity contribution >= 4 is 21.3 Å². The van der Waals surface area contributed by atoms with Gasteiger partial charge in [0.25, 0.3) is 0 Å².